The summed E-state index contributed by atoms with van der Waals surface area (Å²) in [6.07, 6.45) is 4.56. The molecule has 2 amide bonds. The molecule has 2 rings (SSSR count). The van der Waals surface area contributed by atoms with Crippen LogP contribution in [0.5, 0.6) is 0 Å². The van der Waals surface area contributed by atoms with Crippen LogP contribution < -0.4 is 10.9 Å². The van der Waals surface area contributed by atoms with Gasteiger partial charge in [0.05, 0.1) is 5.69 Å². The number of hydrogen-bond acceptors (Lipinski definition) is 3. The molecule has 2 aromatic rings. The van der Waals surface area contributed by atoms with Gasteiger partial charge in [0, 0.05) is 36.4 Å². The third-order valence-corrected chi connectivity index (χ3v) is 3.98. The van der Waals surface area contributed by atoms with E-state index in [4.69, 9.17) is 11.6 Å². The molecular weight excluding hydrogens is 386 g/mol. The highest BCUT2D eigenvalue weighted by Gasteiger charge is 2.12. The topological polar surface area (TPSA) is 81.0 Å². The number of carbonyl (C=O) groups excluding carboxylic acids is 2. The maximum absolute atomic E-state index is 11.9. The summed E-state index contributed by atoms with van der Waals surface area (Å²) in [7, 11) is 3.44. The van der Waals surface area contributed by atoms with E-state index in [1.165, 1.54) is 10.8 Å². The Kier molecular flexibility index (Phi) is 5.27. The predicted octanol–water partition coefficient (Wildman–Crippen LogP) is 1.96. The lowest BCUT2D eigenvalue weighted by Crippen LogP contribution is -2.41. The van der Waals surface area contributed by atoms with Gasteiger partial charge in [0.15, 0.2) is 0 Å². The van der Waals surface area contributed by atoms with Crippen molar-refractivity contribution in [2.75, 3.05) is 0 Å². The van der Waals surface area contributed by atoms with E-state index >= 15 is 0 Å². The van der Waals surface area contributed by atoms with Crippen LogP contribution in [0.1, 0.15) is 21.7 Å². The molecule has 0 radical (unpaired) electrons. The number of halogens is 2. The van der Waals surface area contributed by atoms with Crippen LogP contribution in [0.4, 0.5) is 0 Å². The SMILES string of the molecule is Cc1nn(C)c(Cl)c1/C=C/C(=O)NNC(=O)c1cc(Br)cn1C. The number of amides is 2. The molecule has 23 heavy (non-hydrogen) atoms. The van der Waals surface area contributed by atoms with Gasteiger partial charge < -0.3 is 4.57 Å². The summed E-state index contributed by atoms with van der Waals surface area (Å²) >= 11 is 9.34. The maximum Gasteiger partial charge on any atom is 0.286 e. The molecule has 2 aromatic heterocycles. The Labute approximate surface area is 146 Å². The molecule has 0 aromatic carbocycles. The minimum absolute atomic E-state index is 0.410. The van der Waals surface area contributed by atoms with Gasteiger partial charge >= 0.3 is 0 Å². The van der Waals surface area contributed by atoms with Crippen molar-refractivity contribution in [1.29, 1.82) is 0 Å². The van der Waals surface area contributed by atoms with Crippen LogP contribution in [-0.2, 0) is 18.9 Å². The summed E-state index contributed by atoms with van der Waals surface area (Å²) in [5, 5.41) is 4.57. The minimum atomic E-state index is -0.481. The molecule has 0 saturated carbocycles. The van der Waals surface area contributed by atoms with Gasteiger partial charge in [-0.3, -0.25) is 25.1 Å². The van der Waals surface area contributed by atoms with Crippen molar-refractivity contribution in [3.8, 4) is 0 Å². The van der Waals surface area contributed by atoms with Gasteiger partial charge in [0.2, 0.25) is 0 Å². The van der Waals surface area contributed by atoms with Crippen LogP contribution in [0.3, 0.4) is 0 Å². The summed E-state index contributed by atoms with van der Waals surface area (Å²) in [5.41, 5.74) is 6.42. The van der Waals surface area contributed by atoms with Gasteiger partial charge in [-0.05, 0) is 35.0 Å². The largest absolute Gasteiger partial charge is 0.345 e. The van der Waals surface area contributed by atoms with Gasteiger partial charge in [-0.25, -0.2) is 0 Å². The van der Waals surface area contributed by atoms with Gasteiger partial charge in [-0.1, -0.05) is 11.6 Å². The van der Waals surface area contributed by atoms with Crippen molar-refractivity contribution in [2.45, 2.75) is 6.92 Å². The lowest BCUT2D eigenvalue weighted by Gasteiger charge is -2.05. The molecule has 0 aliphatic rings. The first-order valence-electron chi connectivity index (χ1n) is 6.59. The Morgan fingerprint density at radius 1 is 1.35 bits per heavy atom. The number of carbonyl (C=O) groups is 2. The fourth-order valence-corrected chi connectivity index (χ4v) is 2.73. The number of nitrogens with one attached hydrogen (secondary N) is 2. The van der Waals surface area contributed by atoms with E-state index in [-0.39, 0.29) is 0 Å². The van der Waals surface area contributed by atoms with E-state index in [1.807, 2.05) is 0 Å². The number of rotatable bonds is 3. The summed E-state index contributed by atoms with van der Waals surface area (Å²) in [4.78, 5) is 23.7. The Balaban J connectivity index is 1.96. The van der Waals surface area contributed by atoms with E-state index < -0.39 is 11.8 Å². The van der Waals surface area contributed by atoms with E-state index in [0.717, 1.165) is 4.47 Å². The van der Waals surface area contributed by atoms with E-state index in [1.54, 1.807) is 43.9 Å². The van der Waals surface area contributed by atoms with E-state index in [0.29, 0.717) is 22.1 Å². The van der Waals surface area contributed by atoms with Crippen LogP contribution in [-0.4, -0.2) is 26.2 Å². The van der Waals surface area contributed by atoms with Crippen LogP contribution in [0.2, 0.25) is 5.15 Å². The molecule has 9 heteroatoms. The third-order valence-electron chi connectivity index (χ3n) is 3.10. The molecule has 0 bridgehead atoms. The minimum Gasteiger partial charge on any atom is -0.345 e. The Bertz CT molecular complexity index is 793. The number of aromatic nitrogens is 3. The molecule has 0 saturated heterocycles. The zero-order valence-electron chi connectivity index (χ0n) is 12.7. The second-order valence-corrected chi connectivity index (χ2v) is 6.12. The summed E-state index contributed by atoms with van der Waals surface area (Å²) in [5.74, 6) is -0.901. The summed E-state index contributed by atoms with van der Waals surface area (Å²) in [6, 6.07) is 1.65. The molecule has 0 aliphatic heterocycles. The third kappa shape index (κ3) is 4.02. The van der Waals surface area contributed by atoms with Gasteiger partial charge in [0.25, 0.3) is 11.8 Å². The van der Waals surface area contributed by atoms with Crippen LogP contribution >= 0.6 is 27.5 Å². The number of nitrogens with zero attached hydrogens (tertiary/aromatic N) is 3. The molecule has 0 atom stereocenters. The van der Waals surface area contributed by atoms with E-state index in [2.05, 4.69) is 31.9 Å². The monoisotopic (exact) mass is 399 g/mol. The van der Waals surface area contributed by atoms with Crippen molar-refractivity contribution in [2.24, 2.45) is 14.1 Å². The van der Waals surface area contributed by atoms with Gasteiger partial charge in [0.1, 0.15) is 10.8 Å². The fraction of sp³-hybridized carbons (Fsp3) is 0.214. The average Bonchev–Trinajstić information content (AvgIpc) is 2.94. The first-order valence-corrected chi connectivity index (χ1v) is 7.76. The van der Waals surface area contributed by atoms with E-state index in [9.17, 15) is 9.59 Å². The van der Waals surface area contributed by atoms with Crippen LogP contribution in [0.15, 0.2) is 22.8 Å². The predicted molar refractivity (Wildman–Crippen MR) is 90.7 cm³/mol. The fourth-order valence-electron chi connectivity index (χ4n) is 1.97. The molecule has 0 fully saturated rings. The normalized spacial score (nSPS) is 11.0. The summed E-state index contributed by atoms with van der Waals surface area (Å²) in [6.45, 7) is 1.79. The first-order chi connectivity index (χ1) is 10.8. The maximum atomic E-state index is 11.9. The average molecular weight is 401 g/mol. The van der Waals surface area contributed by atoms with Crippen molar-refractivity contribution in [3.63, 3.8) is 0 Å². The lowest BCUT2D eigenvalue weighted by molar-refractivity contribution is -0.117. The molecule has 122 valence electrons. The molecule has 0 unspecified atom stereocenters. The standard InChI is InChI=1S/C14H15BrClN5O2/c1-8-10(13(16)21(3)19-8)4-5-12(22)17-18-14(23)11-6-9(15)7-20(11)2/h4-7H,1-3H3,(H,17,22)(H,18,23)/b5-4+. The number of aryl methyl sites for hydroxylation is 3. The first kappa shape index (κ1) is 17.3. The van der Waals surface area contributed by atoms with Gasteiger partial charge in [-0.2, -0.15) is 5.10 Å². The Morgan fingerprint density at radius 2 is 2.04 bits per heavy atom. The number of hydrogen-bond donors (Lipinski definition) is 2. The smallest absolute Gasteiger partial charge is 0.286 e. The Hall–Kier alpha value is -2.06. The van der Waals surface area contributed by atoms with Crippen LogP contribution in [0, 0.1) is 6.92 Å². The lowest BCUT2D eigenvalue weighted by atomic mass is 10.2. The number of hydrazine groups is 1. The Morgan fingerprint density at radius 3 is 2.57 bits per heavy atom. The second-order valence-electron chi connectivity index (χ2n) is 4.84. The van der Waals surface area contributed by atoms with Crippen molar-refractivity contribution < 1.29 is 9.59 Å². The molecule has 0 aliphatic carbocycles. The zero-order valence-corrected chi connectivity index (χ0v) is 15.1. The highest BCUT2D eigenvalue weighted by molar-refractivity contribution is 9.10. The molecule has 7 nitrogen and oxygen atoms in total. The highest BCUT2D eigenvalue weighted by Crippen LogP contribution is 2.19. The second kappa shape index (κ2) is 7.01. The molecule has 2 heterocycles. The quantitative estimate of drug-likeness (QED) is 0.610. The zero-order chi connectivity index (χ0) is 17.1. The van der Waals surface area contributed by atoms with Crippen molar-refractivity contribution in [3.05, 3.63) is 44.9 Å². The molecule has 2 N–H and O–H groups in total. The van der Waals surface area contributed by atoms with Gasteiger partial charge in [-0.15, -0.1) is 0 Å². The van der Waals surface area contributed by atoms with Crippen molar-refractivity contribution in [1.82, 2.24) is 25.2 Å². The van der Waals surface area contributed by atoms with Crippen molar-refractivity contribution >= 4 is 45.4 Å². The van der Waals surface area contributed by atoms with Crippen LogP contribution in [0.25, 0.3) is 6.08 Å². The molecule has 0 spiro atoms. The summed E-state index contributed by atoms with van der Waals surface area (Å²) < 4.78 is 3.93. The highest BCUT2D eigenvalue weighted by atomic mass is 79.9. The molecular formula is C14H15BrClN5O2.